The van der Waals surface area contributed by atoms with Crippen molar-refractivity contribution in [3.63, 3.8) is 0 Å². The number of hydrogen-bond donors (Lipinski definition) is 3. The van der Waals surface area contributed by atoms with Crippen molar-refractivity contribution < 1.29 is 14.8 Å². The Morgan fingerprint density at radius 2 is 1.37 bits per heavy atom. The molecule has 0 aliphatic carbocycles. The van der Waals surface area contributed by atoms with Gasteiger partial charge in [-0.2, -0.15) is 0 Å². The molecule has 1 heterocycles. The lowest BCUT2D eigenvalue weighted by Crippen LogP contribution is -2.10. The van der Waals surface area contributed by atoms with Crippen molar-refractivity contribution >= 4 is 22.1 Å². The van der Waals surface area contributed by atoms with E-state index in [4.69, 9.17) is 0 Å². The molecule has 3 N–H and O–H groups in total. The van der Waals surface area contributed by atoms with Crippen LogP contribution in [0.15, 0.2) is 36.4 Å². The quantitative estimate of drug-likeness (QED) is 0.138. The van der Waals surface area contributed by atoms with Crippen LogP contribution in [-0.2, 0) is 17.6 Å². The summed E-state index contributed by atoms with van der Waals surface area (Å²) >= 11 is -0.593. The number of aromatic amines is 1. The van der Waals surface area contributed by atoms with Crippen LogP contribution in [0, 0.1) is 6.92 Å². The lowest BCUT2D eigenvalue weighted by molar-refractivity contribution is 0.467. The molecule has 2 aromatic carbocycles. The Labute approximate surface area is 214 Å². The van der Waals surface area contributed by atoms with Crippen LogP contribution in [0.3, 0.4) is 0 Å². The predicted octanol–water partition coefficient (Wildman–Crippen LogP) is 8.16. The first-order chi connectivity index (χ1) is 17.0. The zero-order valence-corrected chi connectivity index (χ0v) is 22.4. The molecule has 1 unspecified atom stereocenters. The minimum atomic E-state index is -0.593. The van der Waals surface area contributed by atoms with E-state index >= 15 is 0 Å². The first-order valence-corrected chi connectivity index (χ1v) is 15.0. The molecule has 0 saturated heterocycles. The van der Waals surface area contributed by atoms with Gasteiger partial charge in [-0.05, 0) is 86.6 Å². The van der Waals surface area contributed by atoms with Crippen molar-refractivity contribution in [1.29, 1.82) is 0 Å². The van der Waals surface area contributed by atoms with Crippen molar-refractivity contribution in [3.8, 4) is 22.8 Å². The van der Waals surface area contributed by atoms with Gasteiger partial charge in [-0.25, -0.2) is 0 Å². The van der Waals surface area contributed by atoms with Gasteiger partial charge in [-0.15, -0.1) is 0 Å². The van der Waals surface area contributed by atoms with Gasteiger partial charge in [0.15, 0.2) is 0 Å². The molecule has 0 spiro atoms. The third-order valence-corrected chi connectivity index (χ3v) is 8.54. The number of benzene rings is 2. The lowest BCUT2D eigenvalue weighted by Gasteiger charge is -2.09. The van der Waals surface area contributed by atoms with Crippen molar-refractivity contribution in [2.75, 3.05) is 11.5 Å². The molecular weight excluding hydrogens is 454 g/mol. The van der Waals surface area contributed by atoms with Gasteiger partial charge in [0, 0.05) is 22.2 Å². The highest BCUT2D eigenvalue weighted by molar-refractivity contribution is 7.91. The number of aromatic hydroxyl groups is 2. The predicted molar refractivity (Wildman–Crippen MR) is 150 cm³/mol. The Balaban J connectivity index is 1.38. The molecule has 5 heteroatoms. The first kappa shape index (κ1) is 27.5. The smallest absolute Gasteiger partial charge is 0.119 e. The highest BCUT2D eigenvalue weighted by Gasteiger charge is 2.15. The van der Waals surface area contributed by atoms with E-state index in [2.05, 4.69) is 18.8 Å². The minimum Gasteiger partial charge on any atom is -0.616 e. The van der Waals surface area contributed by atoms with E-state index in [1.165, 1.54) is 51.4 Å². The summed E-state index contributed by atoms with van der Waals surface area (Å²) in [5.74, 6) is 2.39. The second kappa shape index (κ2) is 14.4. The Morgan fingerprint density at radius 1 is 0.771 bits per heavy atom. The van der Waals surface area contributed by atoms with Gasteiger partial charge in [0.2, 0.25) is 0 Å². The topological polar surface area (TPSA) is 79.3 Å². The number of rotatable bonds is 16. The van der Waals surface area contributed by atoms with Crippen LogP contribution in [0.2, 0.25) is 0 Å². The molecule has 0 bridgehead atoms. The zero-order valence-electron chi connectivity index (χ0n) is 21.6. The van der Waals surface area contributed by atoms with E-state index in [1.54, 1.807) is 18.2 Å². The zero-order chi connectivity index (χ0) is 25.0. The summed E-state index contributed by atoms with van der Waals surface area (Å²) in [6.07, 6.45) is 14.2. The normalized spacial score (nSPS) is 12.4. The molecule has 4 nitrogen and oxygen atoms in total. The average Bonchev–Trinajstić information content (AvgIpc) is 3.18. The number of hydrogen-bond acceptors (Lipinski definition) is 3. The van der Waals surface area contributed by atoms with Crippen LogP contribution in [0.25, 0.3) is 22.2 Å². The summed E-state index contributed by atoms with van der Waals surface area (Å²) in [6, 6.07) is 11.0. The van der Waals surface area contributed by atoms with E-state index in [9.17, 15) is 14.8 Å². The average molecular weight is 498 g/mol. The Bertz CT molecular complexity index is 1030. The van der Waals surface area contributed by atoms with Crippen molar-refractivity contribution in [2.24, 2.45) is 0 Å². The van der Waals surface area contributed by atoms with Crippen LogP contribution in [0.1, 0.15) is 88.7 Å². The van der Waals surface area contributed by atoms with Crippen LogP contribution in [0.4, 0.5) is 0 Å². The summed E-state index contributed by atoms with van der Waals surface area (Å²) in [7, 11) is 0. The van der Waals surface area contributed by atoms with E-state index in [1.807, 2.05) is 18.2 Å². The summed E-state index contributed by atoms with van der Waals surface area (Å²) in [5.41, 5.74) is 5.32. The Kier molecular flexibility index (Phi) is 11.3. The Hall–Kier alpha value is -2.11. The molecule has 0 amide bonds. The number of fused-ring (bicyclic) bond motifs is 1. The van der Waals surface area contributed by atoms with Gasteiger partial charge >= 0.3 is 0 Å². The summed E-state index contributed by atoms with van der Waals surface area (Å²) < 4.78 is 11.7. The first-order valence-electron chi connectivity index (χ1n) is 13.5. The number of H-pyrrole nitrogens is 1. The highest BCUT2D eigenvalue weighted by atomic mass is 32.2. The molecule has 0 aliphatic rings. The molecule has 0 radical (unpaired) electrons. The van der Waals surface area contributed by atoms with Crippen molar-refractivity contribution in [2.45, 2.75) is 90.9 Å². The number of unbranched alkanes of at least 4 members (excludes halogenated alkanes) is 9. The molecule has 1 aromatic heterocycles. The van der Waals surface area contributed by atoms with E-state index in [-0.39, 0.29) is 5.75 Å². The molecule has 3 aromatic rings. The number of phenols is 2. The van der Waals surface area contributed by atoms with E-state index in [0.717, 1.165) is 70.5 Å². The highest BCUT2D eigenvalue weighted by Crippen LogP contribution is 2.36. The summed E-state index contributed by atoms with van der Waals surface area (Å²) in [6.45, 7) is 4.20. The maximum atomic E-state index is 11.7. The fraction of sp³-hybridized carbons (Fsp3) is 0.533. The third kappa shape index (κ3) is 8.22. The van der Waals surface area contributed by atoms with Crippen LogP contribution >= 0.6 is 0 Å². The largest absolute Gasteiger partial charge is 0.616 e. The van der Waals surface area contributed by atoms with E-state index < -0.39 is 11.2 Å². The molecule has 1 atom stereocenters. The van der Waals surface area contributed by atoms with E-state index in [0.29, 0.717) is 5.75 Å². The molecule has 0 aliphatic heterocycles. The van der Waals surface area contributed by atoms with Gasteiger partial charge < -0.3 is 19.7 Å². The van der Waals surface area contributed by atoms with Crippen molar-refractivity contribution in [3.05, 3.63) is 47.5 Å². The fourth-order valence-electron chi connectivity index (χ4n) is 5.00. The fourth-order valence-corrected chi connectivity index (χ4v) is 6.19. The van der Waals surface area contributed by atoms with Gasteiger partial charge in [0.25, 0.3) is 0 Å². The maximum Gasteiger partial charge on any atom is 0.119 e. The van der Waals surface area contributed by atoms with Gasteiger partial charge in [-0.3, -0.25) is 0 Å². The second-order valence-corrected chi connectivity index (χ2v) is 11.5. The minimum absolute atomic E-state index is 0.262. The molecule has 192 valence electrons. The number of phenolic OH excluding ortho intramolecular Hbond substituents is 2. The van der Waals surface area contributed by atoms with Gasteiger partial charge in [0.05, 0.1) is 0 Å². The maximum absolute atomic E-state index is 11.7. The number of aryl methyl sites for hydroxylation is 2. The molecule has 3 rings (SSSR count). The van der Waals surface area contributed by atoms with Crippen LogP contribution < -0.4 is 0 Å². The second-order valence-electron chi connectivity index (χ2n) is 9.79. The molecule has 0 saturated carbocycles. The summed E-state index contributed by atoms with van der Waals surface area (Å²) in [5, 5.41) is 21.3. The number of aromatic nitrogens is 1. The van der Waals surface area contributed by atoms with Crippen LogP contribution in [-0.4, -0.2) is 31.3 Å². The molecule has 0 fully saturated rings. The Morgan fingerprint density at radius 3 is 2.00 bits per heavy atom. The van der Waals surface area contributed by atoms with Gasteiger partial charge in [-0.1, -0.05) is 63.0 Å². The number of nitrogens with one attached hydrogen (secondary N) is 1. The monoisotopic (exact) mass is 497 g/mol. The third-order valence-electron chi connectivity index (χ3n) is 6.93. The lowest BCUT2D eigenvalue weighted by atomic mass is 9.97. The molecule has 35 heavy (non-hydrogen) atoms. The SMILES string of the molecule is CCC[S+]([O-])CCCCCCCCCCCCc1c(O)ccc2[nH]c(-c3ccc(O)cc3)c(C)c12. The van der Waals surface area contributed by atoms with Gasteiger partial charge in [0.1, 0.15) is 23.0 Å². The van der Waals surface area contributed by atoms with Crippen LogP contribution in [0.5, 0.6) is 11.5 Å². The standard InChI is InChI=1S/C30H43NO3S/c1-3-21-35(34)22-13-11-9-7-5-4-6-8-10-12-14-26-28(33)20-19-27-29(26)23(2)30(31-27)24-15-17-25(32)18-16-24/h15-20,31-33H,3-14,21-22H2,1-2H3. The van der Waals surface area contributed by atoms with Crippen molar-refractivity contribution in [1.82, 2.24) is 4.98 Å². The summed E-state index contributed by atoms with van der Waals surface area (Å²) in [4.78, 5) is 3.51. The molecular formula is C30H43NO3S.